The lowest BCUT2D eigenvalue weighted by Gasteiger charge is -2.16. The van der Waals surface area contributed by atoms with Gasteiger partial charge in [0.1, 0.15) is 0 Å². The van der Waals surface area contributed by atoms with Crippen LogP contribution in [0.15, 0.2) is 67.9 Å². The van der Waals surface area contributed by atoms with E-state index in [1.165, 1.54) is 16.7 Å². The van der Waals surface area contributed by atoms with Crippen molar-refractivity contribution in [2.45, 2.75) is 37.5 Å². The van der Waals surface area contributed by atoms with Crippen LogP contribution in [0.2, 0.25) is 0 Å². The van der Waals surface area contributed by atoms with Crippen molar-refractivity contribution in [1.82, 2.24) is 0 Å². The molecule has 2 nitrogen and oxygen atoms in total. The van der Waals surface area contributed by atoms with Gasteiger partial charge in [0.2, 0.25) is 9.84 Å². The Hall–Kier alpha value is -1.13. The summed E-state index contributed by atoms with van der Waals surface area (Å²) in [6.45, 7) is 6.11. The third-order valence-electron chi connectivity index (χ3n) is 4.59. The highest BCUT2D eigenvalue weighted by Crippen LogP contribution is 2.43. The first-order valence-corrected chi connectivity index (χ1v) is 9.73. The minimum Gasteiger partial charge on any atom is -0.219 e. The fourth-order valence-electron chi connectivity index (χ4n) is 3.20. The normalized spacial score (nSPS) is 21.5. The van der Waals surface area contributed by atoms with Crippen molar-refractivity contribution in [3.05, 3.63) is 63.0 Å². The molecule has 3 rings (SSSR count). The number of benzene rings is 1. The first-order chi connectivity index (χ1) is 10.4. The minimum absolute atomic E-state index is 0.375. The molecule has 4 heteroatoms. The third-order valence-corrected chi connectivity index (χ3v) is 7.02. The number of hydrogen-bond donors (Lipinski definition) is 0. The van der Waals surface area contributed by atoms with Gasteiger partial charge in [-0.05, 0) is 74.4 Å². The molecule has 0 N–H and O–H groups in total. The molecule has 0 bridgehead atoms. The second-order valence-electron chi connectivity index (χ2n) is 6.15. The predicted octanol–water partition coefficient (Wildman–Crippen LogP) is 5.18. The summed E-state index contributed by atoms with van der Waals surface area (Å²) in [6, 6.07) is 6.87. The summed E-state index contributed by atoms with van der Waals surface area (Å²) in [5.74, 6) is 0.482. The maximum absolute atomic E-state index is 12.8. The summed E-state index contributed by atoms with van der Waals surface area (Å²) in [4.78, 5) is 0.927. The van der Waals surface area contributed by atoms with Gasteiger partial charge in [-0.3, -0.25) is 0 Å². The van der Waals surface area contributed by atoms with Gasteiger partial charge in [-0.2, -0.15) is 0 Å². The molecule has 1 aromatic carbocycles. The van der Waals surface area contributed by atoms with Crippen LogP contribution in [-0.4, -0.2) is 8.42 Å². The smallest absolute Gasteiger partial charge is 0.202 e. The van der Waals surface area contributed by atoms with E-state index in [1.807, 2.05) is 6.08 Å². The molecule has 0 radical (unpaired) electrons. The van der Waals surface area contributed by atoms with Crippen LogP contribution >= 0.6 is 15.9 Å². The average molecular weight is 379 g/mol. The third kappa shape index (κ3) is 2.86. The second-order valence-corrected chi connectivity index (χ2v) is 9.07. The summed E-state index contributed by atoms with van der Waals surface area (Å²) in [7, 11) is -3.37. The number of sulfone groups is 1. The molecule has 2 aliphatic rings. The van der Waals surface area contributed by atoms with Crippen LogP contribution in [0.1, 0.15) is 32.6 Å². The van der Waals surface area contributed by atoms with Crippen molar-refractivity contribution in [2.24, 2.45) is 5.92 Å². The molecule has 0 fully saturated rings. The predicted molar refractivity (Wildman–Crippen MR) is 93.2 cm³/mol. The molecule has 1 unspecified atom stereocenters. The Bertz CT molecular complexity index is 783. The highest BCUT2D eigenvalue weighted by atomic mass is 79.9. The van der Waals surface area contributed by atoms with Crippen LogP contribution in [0.4, 0.5) is 0 Å². The zero-order chi connectivity index (χ0) is 15.9. The lowest BCUT2D eigenvalue weighted by molar-refractivity contribution is 0.599. The molecule has 0 aromatic heterocycles. The van der Waals surface area contributed by atoms with Crippen LogP contribution in [-0.2, 0) is 9.84 Å². The largest absolute Gasteiger partial charge is 0.219 e. The molecule has 0 saturated carbocycles. The van der Waals surface area contributed by atoms with E-state index >= 15 is 0 Å². The standard InChI is InChI=1S/C18H19BrO2S/c1-12(2)14-9-13-3-6-18(11-15(13)10-14)22(20,21)17-7-4-16(19)5-8-17/h4-5,7-8,11,14H,1,3,6,9-10H2,2H3. The van der Waals surface area contributed by atoms with E-state index in [-0.39, 0.29) is 0 Å². The Kier molecular flexibility index (Phi) is 4.17. The Morgan fingerprint density at radius 2 is 1.86 bits per heavy atom. The number of hydrogen-bond acceptors (Lipinski definition) is 2. The lowest BCUT2D eigenvalue weighted by atomic mass is 9.97. The van der Waals surface area contributed by atoms with Crippen molar-refractivity contribution in [1.29, 1.82) is 0 Å². The summed E-state index contributed by atoms with van der Waals surface area (Å²) >= 11 is 3.34. The van der Waals surface area contributed by atoms with Crippen molar-refractivity contribution in [3.63, 3.8) is 0 Å². The Balaban J connectivity index is 1.91. The molecular formula is C18H19BrO2S. The van der Waals surface area contributed by atoms with E-state index < -0.39 is 9.84 Å². The molecule has 0 aliphatic heterocycles. The fraction of sp³-hybridized carbons (Fsp3) is 0.333. The highest BCUT2D eigenvalue weighted by molar-refractivity contribution is 9.10. The SMILES string of the molecule is C=C(C)C1CC2=C(CCC(S(=O)(=O)c3ccc(Br)cc3)=C2)C1. The Morgan fingerprint density at radius 1 is 1.18 bits per heavy atom. The monoisotopic (exact) mass is 378 g/mol. The molecular weight excluding hydrogens is 360 g/mol. The van der Waals surface area contributed by atoms with E-state index in [4.69, 9.17) is 0 Å². The molecule has 0 saturated heterocycles. The van der Waals surface area contributed by atoms with Gasteiger partial charge in [-0.15, -0.1) is 0 Å². The molecule has 2 aliphatic carbocycles. The average Bonchev–Trinajstić information content (AvgIpc) is 2.91. The van der Waals surface area contributed by atoms with Crippen molar-refractivity contribution in [2.75, 3.05) is 0 Å². The summed E-state index contributed by atoms with van der Waals surface area (Å²) in [5, 5.41) is 0. The maximum Gasteiger partial charge on any atom is 0.202 e. The topological polar surface area (TPSA) is 34.1 Å². The molecule has 0 heterocycles. The number of halogens is 1. The lowest BCUT2D eigenvalue weighted by Crippen LogP contribution is -2.08. The van der Waals surface area contributed by atoms with E-state index in [1.54, 1.807) is 24.3 Å². The minimum atomic E-state index is -3.37. The zero-order valence-corrected chi connectivity index (χ0v) is 15.0. The van der Waals surface area contributed by atoms with Crippen molar-refractivity contribution in [3.8, 4) is 0 Å². The first kappa shape index (κ1) is 15.8. The molecule has 116 valence electrons. The van der Waals surface area contributed by atoms with Gasteiger partial charge in [0.05, 0.1) is 4.90 Å². The highest BCUT2D eigenvalue weighted by Gasteiger charge is 2.30. The molecule has 1 aromatic rings. The summed E-state index contributed by atoms with van der Waals surface area (Å²) in [6.07, 6.45) is 5.37. The van der Waals surface area contributed by atoms with E-state index in [0.29, 0.717) is 22.1 Å². The van der Waals surface area contributed by atoms with E-state index in [2.05, 4.69) is 29.4 Å². The van der Waals surface area contributed by atoms with E-state index in [9.17, 15) is 8.42 Å². The van der Waals surface area contributed by atoms with Gasteiger partial charge in [0, 0.05) is 9.38 Å². The number of rotatable bonds is 3. The van der Waals surface area contributed by atoms with Crippen LogP contribution < -0.4 is 0 Å². The molecule has 0 spiro atoms. The van der Waals surface area contributed by atoms with Crippen LogP contribution in [0.3, 0.4) is 0 Å². The van der Waals surface area contributed by atoms with Gasteiger partial charge in [0.15, 0.2) is 0 Å². The Labute approximate surface area is 140 Å². The first-order valence-electron chi connectivity index (χ1n) is 7.45. The summed E-state index contributed by atoms with van der Waals surface area (Å²) in [5.41, 5.74) is 3.83. The Morgan fingerprint density at radius 3 is 2.50 bits per heavy atom. The van der Waals surface area contributed by atoms with Crippen molar-refractivity contribution < 1.29 is 8.42 Å². The van der Waals surface area contributed by atoms with Crippen LogP contribution in [0, 0.1) is 5.92 Å². The van der Waals surface area contributed by atoms with Gasteiger partial charge in [-0.1, -0.05) is 33.7 Å². The van der Waals surface area contributed by atoms with Gasteiger partial charge >= 0.3 is 0 Å². The quantitative estimate of drug-likeness (QED) is 0.678. The summed E-state index contributed by atoms with van der Waals surface area (Å²) < 4.78 is 26.4. The fourth-order valence-corrected chi connectivity index (χ4v) is 4.93. The van der Waals surface area contributed by atoms with E-state index in [0.717, 1.165) is 23.7 Å². The van der Waals surface area contributed by atoms with Crippen LogP contribution in [0.5, 0.6) is 0 Å². The van der Waals surface area contributed by atoms with Gasteiger partial charge < -0.3 is 0 Å². The van der Waals surface area contributed by atoms with Crippen molar-refractivity contribution >= 4 is 25.8 Å². The maximum atomic E-state index is 12.8. The zero-order valence-electron chi connectivity index (χ0n) is 12.6. The number of allylic oxidation sites excluding steroid dienone is 5. The molecule has 0 amide bonds. The second kappa shape index (κ2) is 5.82. The van der Waals surface area contributed by atoms with Crippen LogP contribution in [0.25, 0.3) is 0 Å². The van der Waals surface area contributed by atoms with Gasteiger partial charge in [0.25, 0.3) is 0 Å². The molecule has 22 heavy (non-hydrogen) atoms. The molecule has 1 atom stereocenters. The van der Waals surface area contributed by atoms with Gasteiger partial charge in [-0.25, -0.2) is 8.42 Å².